The summed E-state index contributed by atoms with van der Waals surface area (Å²) in [6.45, 7) is 3.35. The second kappa shape index (κ2) is 8.34. The van der Waals surface area contributed by atoms with Gasteiger partial charge in [0.05, 0.1) is 0 Å². The lowest BCUT2D eigenvalue weighted by atomic mass is 10.1. The van der Waals surface area contributed by atoms with Gasteiger partial charge in [0, 0.05) is 61.1 Å². The number of aliphatic hydroxyl groups is 1. The van der Waals surface area contributed by atoms with E-state index < -0.39 is 11.9 Å². The second-order valence-corrected chi connectivity index (χ2v) is 7.76. The second-order valence-electron chi connectivity index (χ2n) is 6.83. The van der Waals surface area contributed by atoms with Crippen LogP contribution in [0, 0.1) is 11.6 Å². The van der Waals surface area contributed by atoms with Crippen molar-refractivity contribution < 1.29 is 13.9 Å². The number of para-hydroxylation sites is 1. The van der Waals surface area contributed by atoms with Crippen molar-refractivity contribution in [1.29, 1.82) is 0 Å². The van der Waals surface area contributed by atoms with E-state index in [0.717, 1.165) is 43.5 Å². The molecule has 1 aliphatic heterocycles. The molecule has 2 aromatic carbocycles. The Hall–Kier alpha value is -2.35. The molecule has 1 unspecified atom stereocenters. The standard InChI is InChI=1S/C21H21F2N3OS/c22-16-5-6-18(23)15(13-16)14-25-8-10-26(11-9-25)19-4-2-1-3-17(19)20(27)21-24-7-12-28-21/h1-7,12-13,20,27H,8-11,14H2. The smallest absolute Gasteiger partial charge is 0.132 e. The van der Waals surface area contributed by atoms with Gasteiger partial charge in [-0.15, -0.1) is 11.3 Å². The summed E-state index contributed by atoms with van der Waals surface area (Å²) in [5, 5.41) is 13.3. The van der Waals surface area contributed by atoms with Crippen LogP contribution >= 0.6 is 11.3 Å². The third kappa shape index (κ3) is 4.06. The van der Waals surface area contributed by atoms with Crippen molar-refractivity contribution in [2.75, 3.05) is 31.1 Å². The molecular formula is C21H21F2N3OS. The van der Waals surface area contributed by atoms with Gasteiger partial charge in [-0.3, -0.25) is 4.90 Å². The van der Waals surface area contributed by atoms with Crippen molar-refractivity contribution in [2.45, 2.75) is 12.6 Å². The van der Waals surface area contributed by atoms with Gasteiger partial charge in [-0.2, -0.15) is 0 Å². The molecule has 0 spiro atoms. The molecule has 7 heteroatoms. The lowest BCUT2D eigenvalue weighted by molar-refractivity contribution is 0.218. The molecule has 0 bridgehead atoms. The molecule has 1 N–H and O–H groups in total. The van der Waals surface area contributed by atoms with Crippen LogP contribution in [0.4, 0.5) is 14.5 Å². The minimum atomic E-state index is -0.754. The van der Waals surface area contributed by atoms with Gasteiger partial charge in [0.25, 0.3) is 0 Å². The molecule has 0 aliphatic carbocycles. The molecule has 1 aliphatic rings. The zero-order valence-electron chi connectivity index (χ0n) is 15.3. The maximum atomic E-state index is 13.9. The number of nitrogens with zero attached hydrogens (tertiary/aromatic N) is 3. The molecule has 2 heterocycles. The number of thiazole rings is 1. The first kappa shape index (κ1) is 19.0. The molecule has 3 aromatic rings. The summed E-state index contributed by atoms with van der Waals surface area (Å²) in [6.07, 6.45) is 0.937. The third-order valence-electron chi connectivity index (χ3n) is 5.03. The highest BCUT2D eigenvalue weighted by molar-refractivity contribution is 7.09. The van der Waals surface area contributed by atoms with Crippen LogP contribution in [0.25, 0.3) is 0 Å². The summed E-state index contributed by atoms with van der Waals surface area (Å²) in [5.41, 5.74) is 2.21. The maximum absolute atomic E-state index is 13.9. The van der Waals surface area contributed by atoms with E-state index in [4.69, 9.17) is 0 Å². The third-order valence-corrected chi connectivity index (χ3v) is 5.86. The monoisotopic (exact) mass is 401 g/mol. The summed E-state index contributed by atoms with van der Waals surface area (Å²) >= 11 is 1.43. The van der Waals surface area contributed by atoms with Crippen LogP contribution in [-0.2, 0) is 6.54 Å². The van der Waals surface area contributed by atoms with Gasteiger partial charge in [-0.05, 0) is 24.3 Å². The Bertz CT molecular complexity index is 927. The number of benzene rings is 2. The van der Waals surface area contributed by atoms with Crippen molar-refractivity contribution >= 4 is 17.0 Å². The average Bonchev–Trinajstić information content (AvgIpc) is 3.26. The largest absolute Gasteiger partial charge is 0.381 e. The van der Waals surface area contributed by atoms with Gasteiger partial charge in [0.1, 0.15) is 22.7 Å². The number of rotatable bonds is 5. The number of hydrogen-bond donors (Lipinski definition) is 1. The van der Waals surface area contributed by atoms with Crippen LogP contribution in [0.2, 0.25) is 0 Å². The Kier molecular flexibility index (Phi) is 5.66. The number of halogens is 2. The van der Waals surface area contributed by atoms with Gasteiger partial charge in [0.15, 0.2) is 0 Å². The lowest BCUT2D eigenvalue weighted by Gasteiger charge is -2.37. The Balaban J connectivity index is 1.45. The van der Waals surface area contributed by atoms with Crippen LogP contribution in [0.5, 0.6) is 0 Å². The highest BCUT2D eigenvalue weighted by Crippen LogP contribution is 2.32. The van der Waals surface area contributed by atoms with Crippen molar-refractivity contribution in [2.24, 2.45) is 0 Å². The normalized spacial score (nSPS) is 16.3. The van der Waals surface area contributed by atoms with Gasteiger partial charge < -0.3 is 10.0 Å². The molecule has 4 rings (SSSR count). The van der Waals surface area contributed by atoms with Crippen LogP contribution in [0.3, 0.4) is 0 Å². The molecule has 4 nitrogen and oxygen atoms in total. The fourth-order valence-electron chi connectivity index (χ4n) is 3.56. The minimum absolute atomic E-state index is 0.374. The van der Waals surface area contributed by atoms with Crippen LogP contribution < -0.4 is 4.90 Å². The summed E-state index contributed by atoms with van der Waals surface area (Å²) < 4.78 is 27.3. The molecule has 0 amide bonds. The number of aromatic nitrogens is 1. The molecule has 1 atom stereocenters. The van der Waals surface area contributed by atoms with E-state index in [-0.39, 0.29) is 5.82 Å². The van der Waals surface area contributed by atoms with Crippen LogP contribution in [-0.4, -0.2) is 41.2 Å². The Morgan fingerprint density at radius 1 is 1.07 bits per heavy atom. The number of piperazine rings is 1. The zero-order chi connectivity index (χ0) is 19.5. The first-order valence-corrected chi connectivity index (χ1v) is 10.1. The summed E-state index contributed by atoms with van der Waals surface area (Å²) in [4.78, 5) is 8.57. The first-order valence-electron chi connectivity index (χ1n) is 9.19. The molecule has 146 valence electrons. The molecule has 0 saturated carbocycles. The van der Waals surface area contributed by atoms with Gasteiger partial charge in [0.2, 0.25) is 0 Å². The molecule has 1 fully saturated rings. The zero-order valence-corrected chi connectivity index (χ0v) is 16.1. The summed E-state index contributed by atoms with van der Waals surface area (Å²) in [7, 11) is 0. The van der Waals surface area contributed by atoms with E-state index in [2.05, 4.69) is 14.8 Å². The Morgan fingerprint density at radius 3 is 2.61 bits per heavy atom. The number of anilines is 1. The van der Waals surface area contributed by atoms with Crippen LogP contribution in [0.15, 0.2) is 54.0 Å². The molecular weight excluding hydrogens is 380 g/mol. The summed E-state index contributed by atoms with van der Waals surface area (Å²) in [6, 6.07) is 11.4. The number of aliphatic hydroxyl groups excluding tert-OH is 1. The van der Waals surface area contributed by atoms with E-state index in [1.807, 2.05) is 29.6 Å². The van der Waals surface area contributed by atoms with E-state index in [9.17, 15) is 13.9 Å². The quantitative estimate of drug-likeness (QED) is 0.706. The van der Waals surface area contributed by atoms with Crippen molar-refractivity contribution in [1.82, 2.24) is 9.88 Å². The number of hydrogen-bond acceptors (Lipinski definition) is 5. The van der Waals surface area contributed by atoms with Crippen molar-refractivity contribution in [3.05, 3.63) is 81.8 Å². The van der Waals surface area contributed by atoms with Crippen molar-refractivity contribution in [3.8, 4) is 0 Å². The summed E-state index contributed by atoms with van der Waals surface area (Å²) in [5.74, 6) is -0.791. The maximum Gasteiger partial charge on any atom is 0.132 e. The molecule has 28 heavy (non-hydrogen) atoms. The van der Waals surface area contributed by atoms with Crippen molar-refractivity contribution in [3.63, 3.8) is 0 Å². The Morgan fingerprint density at radius 2 is 1.86 bits per heavy atom. The molecule has 1 saturated heterocycles. The van der Waals surface area contributed by atoms with Crippen LogP contribution in [0.1, 0.15) is 22.2 Å². The van der Waals surface area contributed by atoms with Gasteiger partial charge in [-0.25, -0.2) is 13.8 Å². The SMILES string of the molecule is OC(c1nccs1)c1ccccc1N1CCN(Cc2cc(F)ccc2F)CC1. The van der Waals surface area contributed by atoms with Gasteiger partial charge in [-0.1, -0.05) is 18.2 Å². The molecule has 0 radical (unpaired) electrons. The molecule has 1 aromatic heterocycles. The highest BCUT2D eigenvalue weighted by Gasteiger charge is 2.23. The van der Waals surface area contributed by atoms with E-state index >= 15 is 0 Å². The Labute approximate surface area is 166 Å². The fourth-order valence-corrected chi connectivity index (χ4v) is 4.20. The van der Waals surface area contributed by atoms with Gasteiger partial charge >= 0.3 is 0 Å². The van der Waals surface area contributed by atoms with E-state index in [1.54, 1.807) is 6.20 Å². The topological polar surface area (TPSA) is 39.6 Å². The highest BCUT2D eigenvalue weighted by atomic mass is 32.1. The fraction of sp³-hybridized carbons (Fsp3) is 0.286. The lowest BCUT2D eigenvalue weighted by Crippen LogP contribution is -2.46. The average molecular weight is 401 g/mol. The predicted molar refractivity (Wildman–Crippen MR) is 106 cm³/mol. The first-order chi connectivity index (χ1) is 13.6. The van der Waals surface area contributed by atoms with E-state index in [0.29, 0.717) is 17.1 Å². The minimum Gasteiger partial charge on any atom is -0.381 e. The predicted octanol–water partition coefficient (Wildman–Crippen LogP) is 3.83. The van der Waals surface area contributed by atoms with E-state index in [1.165, 1.54) is 23.5 Å².